The maximum atomic E-state index is 11.6. The molecule has 2 rings (SSSR count). The molecule has 1 N–H and O–H groups in total. The Hall–Kier alpha value is -1.86. The normalized spacial score (nSPS) is 11.4. The molecule has 1 heterocycles. The third-order valence-electron chi connectivity index (χ3n) is 2.44. The van der Waals surface area contributed by atoms with Gasteiger partial charge < -0.3 is 0 Å². The van der Waals surface area contributed by atoms with E-state index < -0.39 is 25.2 Å². The molecule has 0 saturated heterocycles. The van der Waals surface area contributed by atoms with Gasteiger partial charge in [0.1, 0.15) is 0 Å². The zero-order chi connectivity index (χ0) is 14.0. The number of rotatable bonds is 3. The van der Waals surface area contributed by atoms with Gasteiger partial charge in [-0.15, -0.1) is 0 Å². The second-order valence-corrected chi connectivity index (χ2v) is 6.34. The molecule has 6 nitrogen and oxygen atoms in total. The first-order chi connectivity index (χ1) is 8.88. The molecule has 0 spiro atoms. The minimum Gasteiger partial charge on any atom is -0.295 e. The molecule has 0 aliphatic heterocycles. The fraction of sp³-hybridized carbons (Fsp3) is 0.0909. The predicted octanol–water partition coefficient (Wildman–Crippen LogP) is 0.512. The van der Waals surface area contributed by atoms with Crippen molar-refractivity contribution in [1.82, 2.24) is 9.55 Å². The molecule has 0 amide bonds. The third-order valence-corrected chi connectivity index (χ3v) is 3.75. The van der Waals surface area contributed by atoms with Crippen LogP contribution in [0.15, 0.2) is 51.0 Å². The van der Waals surface area contributed by atoms with Crippen LogP contribution in [0.1, 0.15) is 5.56 Å². The third kappa shape index (κ3) is 3.12. The first-order valence-electron chi connectivity index (χ1n) is 5.20. The maximum Gasteiger partial charge on any atom is 0.328 e. The first kappa shape index (κ1) is 13.6. The van der Waals surface area contributed by atoms with E-state index in [1.54, 1.807) is 24.3 Å². The number of aromatic amines is 1. The Balaban J connectivity index is 2.54. The fourth-order valence-corrected chi connectivity index (χ4v) is 2.42. The quantitative estimate of drug-likeness (QED) is 0.837. The van der Waals surface area contributed by atoms with Crippen molar-refractivity contribution in [1.29, 1.82) is 0 Å². The van der Waals surface area contributed by atoms with Gasteiger partial charge in [0, 0.05) is 16.9 Å². The van der Waals surface area contributed by atoms with E-state index in [2.05, 4.69) is 0 Å². The Labute approximate surface area is 112 Å². The van der Waals surface area contributed by atoms with Crippen molar-refractivity contribution in [3.05, 3.63) is 62.9 Å². The van der Waals surface area contributed by atoms with Gasteiger partial charge in [-0.25, -0.2) is 13.2 Å². The zero-order valence-electron chi connectivity index (χ0n) is 9.54. The van der Waals surface area contributed by atoms with Gasteiger partial charge in [0.15, 0.2) is 4.90 Å². The summed E-state index contributed by atoms with van der Waals surface area (Å²) in [6.45, 7) is 0.135. The molecular weight excluding hydrogens is 292 g/mol. The molecule has 100 valence electrons. The Morgan fingerprint density at radius 1 is 1.16 bits per heavy atom. The van der Waals surface area contributed by atoms with Crippen molar-refractivity contribution in [2.45, 2.75) is 11.4 Å². The van der Waals surface area contributed by atoms with Crippen LogP contribution in [0.5, 0.6) is 0 Å². The average molecular weight is 301 g/mol. The molecule has 0 atom stereocenters. The van der Waals surface area contributed by atoms with Crippen LogP contribution >= 0.6 is 10.7 Å². The summed E-state index contributed by atoms with van der Waals surface area (Å²) >= 11 is 0. The lowest BCUT2D eigenvalue weighted by Crippen LogP contribution is -2.32. The largest absolute Gasteiger partial charge is 0.328 e. The van der Waals surface area contributed by atoms with Gasteiger partial charge in [-0.1, -0.05) is 30.3 Å². The summed E-state index contributed by atoms with van der Waals surface area (Å²) in [6.07, 6.45) is 0.941. The standard InChI is InChI=1S/C11H9ClN2O4S/c12-19(17,18)9-7-14(11(16)13-10(9)15)6-8-4-2-1-3-5-8/h1-5,7H,6H2,(H,13,15,16). The molecule has 1 aromatic carbocycles. The Kier molecular flexibility index (Phi) is 3.59. The smallest absolute Gasteiger partial charge is 0.295 e. The van der Waals surface area contributed by atoms with Gasteiger partial charge in [-0.2, -0.15) is 0 Å². The summed E-state index contributed by atoms with van der Waals surface area (Å²) in [5.74, 6) is 0. The molecule has 8 heteroatoms. The van der Waals surface area contributed by atoms with E-state index in [9.17, 15) is 18.0 Å². The minimum atomic E-state index is -4.20. The molecule has 0 unspecified atom stereocenters. The van der Waals surface area contributed by atoms with Gasteiger partial charge >= 0.3 is 5.69 Å². The van der Waals surface area contributed by atoms with E-state index in [1.807, 2.05) is 11.1 Å². The average Bonchev–Trinajstić information content (AvgIpc) is 2.32. The van der Waals surface area contributed by atoms with Crippen molar-refractivity contribution in [3.63, 3.8) is 0 Å². The second kappa shape index (κ2) is 5.02. The predicted molar refractivity (Wildman–Crippen MR) is 69.9 cm³/mol. The van der Waals surface area contributed by atoms with E-state index in [-0.39, 0.29) is 6.54 Å². The molecule has 0 fully saturated rings. The number of nitrogens with zero attached hydrogens (tertiary/aromatic N) is 1. The number of aromatic nitrogens is 2. The maximum absolute atomic E-state index is 11.6. The van der Waals surface area contributed by atoms with Crippen LogP contribution in [0.2, 0.25) is 0 Å². The molecule has 0 saturated carbocycles. The molecular formula is C11H9ClN2O4S. The van der Waals surface area contributed by atoms with E-state index >= 15 is 0 Å². The van der Waals surface area contributed by atoms with Gasteiger partial charge in [0.2, 0.25) is 0 Å². The van der Waals surface area contributed by atoms with E-state index in [0.717, 1.165) is 16.3 Å². The number of hydrogen-bond donors (Lipinski definition) is 1. The van der Waals surface area contributed by atoms with Crippen molar-refractivity contribution in [2.75, 3.05) is 0 Å². The number of H-pyrrole nitrogens is 1. The van der Waals surface area contributed by atoms with Crippen molar-refractivity contribution in [2.24, 2.45) is 0 Å². The van der Waals surface area contributed by atoms with Crippen molar-refractivity contribution < 1.29 is 8.42 Å². The summed E-state index contributed by atoms with van der Waals surface area (Å²) < 4.78 is 23.5. The van der Waals surface area contributed by atoms with Crippen LogP contribution in [-0.2, 0) is 15.6 Å². The van der Waals surface area contributed by atoms with Crippen LogP contribution in [0.25, 0.3) is 0 Å². The monoisotopic (exact) mass is 300 g/mol. The SMILES string of the molecule is O=c1[nH]c(=O)n(Cc2ccccc2)cc1S(=O)(=O)Cl. The molecule has 2 aromatic rings. The number of benzene rings is 1. The van der Waals surface area contributed by atoms with Gasteiger partial charge in [-0.05, 0) is 5.56 Å². The fourth-order valence-electron chi connectivity index (χ4n) is 1.56. The summed E-state index contributed by atoms with van der Waals surface area (Å²) in [5, 5.41) is 0. The highest BCUT2D eigenvalue weighted by atomic mass is 35.7. The molecule has 0 aliphatic carbocycles. The second-order valence-electron chi connectivity index (χ2n) is 3.80. The van der Waals surface area contributed by atoms with E-state index in [4.69, 9.17) is 10.7 Å². The topological polar surface area (TPSA) is 89.0 Å². The molecule has 19 heavy (non-hydrogen) atoms. The van der Waals surface area contributed by atoms with Crippen molar-refractivity contribution in [3.8, 4) is 0 Å². The van der Waals surface area contributed by atoms with Crippen LogP contribution in [0.3, 0.4) is 0 Å². The Morgan fingerprint density at radius 2 is 1.79 bits per heavy atom. The van der Waals surface area contributed by atoms with Crippen LogP contribution in [0, 0.1) is 0 Å². The molecule has 0 aliphatic rings. The molecule has 0 radical (unpaired) electrons. The zero-order valence-corrected chi connectivity index (χ0v) is 11.1. The number of halogens is 1. The number of nitrogens with one attached hydrogen (secondary N) is 1. The molecule has 0 bridgehead atoms. The lowest BCUT2D eigenvalue weighted by molar-refractivity contribution is 0.603. The van der Waals surface area contributed by atoms with Crippen molar-refractivity contribution >= 4 is 19.7 Å². The Morgan fingerprint density at radius 3 is 2.37 bits per heavy atom. The summed E-state index contributed by atoms with van der Waals surface area (Å²) in [7, 11) is 0.932. The minimum absolute atomic E-state index is 0.135. The van der Waals surface area contributed by atoms with Gasteiger partial charge in [-0.3, -0.25) is 14.3 Å². The highest BCUT2D eigenvalue weighted by Crippen LogP contribution is 2.08. The highest BCUT2D eigenvalue weighted by Gasteiger charge is 2.17. The van der Waals surface area contributed by atoms with Gasteiger partial charge in [0.25, 0.3) is 14.6 Å². The van der Waals surface area contributed by atoms with Crippen LogP contribution in [-0.4, -0.2) is 18.0 Å². The summed E-state index contributed by atoms with van der Waals surface area (Å²) in [5.41, 5.74) is -0.934. The van der Waals surface area contributed by atoms with E-state index in [1.165, 1.54) is 0 Å². The highest BCUT2D eigenvalue weighted by molar-refractivity contribution is 8.13. The van der Waals surface area contributed by atoms with Gasteiger partial charge in [0.05, 0.1) is 6.54 Å². The lowest BCUT2D eigenvalue weighted by atomic mass is 10.2. The van der Waals surface area contributed by atoms with Crippen LogP contribution in [0.4, 0.5) is 0 Å². The lowest BCUT2D eigenvalue weighted by Gasteiger charge is -2.06. The summed E-state index contributed by atoms with van der Waals surface area (Å²) in [6, 6.07) is 8.92. The summed E-state index contributed by atoms with van der Waals surface area (Å²) in [4.78, 5) is 24.2. The number of hydrogen-bond acceptors (Lipinski definition) is 4. The van der Waals surface area contributed by atoms with E-state index in [0.29, 0.717) is 0 Å². The Bertz CT molecular complexity index is 809. The molecule has 1 aromatic heterocycles. The first-order valence-corrected chi connectivity index (χ1v) is 7.51. The van der Waals surface area contributed by atoms with Crippen LogP contribution < -0.4 is 11.2 Å².